The van der Waals surface area contributed by atoms with Gasteiger partial charge in [0.25, 0.3) is 0 Å². The van der Waals surface area contributed by atoms with E-state index in [-0.39, 0.29) is 0 Å². The van der Waals surface area contributed by atoms with Crippen molar-refractivity contribution in [1.82, 2.24) is 5.32 Å². The van der Waals surface area contributed by atoms with Gasteiger partial charge in [-0.3, -0.25) is 4.99 Å². The molecule has 110 valence electrons. The third kappa shape index (κ3) is 4.64. The fourth-order valence-corrected chi connectivity index (χ4v) is 1.98. The Morgan fingerprint density at radius 1 is 1.30 bits per heavy atom. The number of nitrogens with one attached hydrogen (secondary N) is 1. The molecule has 1 saturated carbocycles. The number of nitrogens with zero attached hydrogens (tertiary/aromatic N) is 1. The second-order valence-electron chi connectivity index (χ2n) is 4.97. The molecule has 1 fully saturated rings. The second kappa shape index (κ2) is 7.62. The number of benzene rings is 1. The van der Waals surface area contributed by atoms with Gasteiger partial charge in [0.15, 0.2) is 5.96 Å². The van der Waals surface area contributed by atoms with Crippen LogP contribution < -0.4 is 20.5 Å². The van der Waals surface area contributed by atoms with Crippen LogP contribution in [0.3, 0.4) is 0 Å². The van der Waals surface area contributed by atoms with Crippen LogP contribution in [0.25, 0.3) is 0 Å². The number of methoxy groups -OCH3 is 1. The van der Waals surface area contributed by atoms with Crippen molar-refractivity contribution < 1.29 is 9.47 Å². The molecule has 0 aliphatic heterocycles. The third-order valence-electron chi connectivity index (χ3n) is 3.48. The molecule has 0 radical (unpaired) electrons. The van der Waals surface area contributed by atoms with Crippen molar-refractivity contribution in [3.05, 3.63) is 24.3 Å². The lowest BCUT2D eigenvalue weighted by Gasteiger charge is -2.23. The highest BCUT2D eigenvalue weighted by Gasteiger charge is 2.16. The van der Waals surface area contributed by atoms with Crippen LogP contribution >= 0.6 is 0 Å². The molecule has 1 aliphatic carbocycles. The van der Waals surface area contributed by atoms with Crippen molar-refractivity contribution in [2.45, 2.75) is 19.3 Å². The molecule has 0 bridgehead atoms. The summed E-state index contributed by atoms with van der Waals surface area (Å²) < 4.78 is 10.7. The monoisotopic (exact) mass is 277 g/mol. The van der Waals surface area contributed by atoms with E-state index >= 15 is 0 Å². The van der Waals surface area contributed by atoms with E-state index in [2.05, 4.69) is 10.3 Å². The summed E-state index contributed by atoms with van der Waals surface area (Å²) in [5, 5.41) is 3.06. The van der Waals surface area contributed by atoms with E-state index in [4.69, 9.17) is 15.2 Å². The zero-order valence-electron chi connectivity index (χ0n) is 12.0. The molecule has 0 amide bonds. The molecule has 1 aliphatic rings. The molecule has 0 atom stereocenters. The van der Waals surface area contributed by atoms with Crippen molar-refractivity contribution >= 4 is 5.96 Å². The minimum Gasteiger partial charge on any atom is -0.497 e. The first kappa shape index (κ1) is 14.5. The standard InChI is InChI=1S/C15H23N3O2/c1-19-13-5-7-14(8-6-13)20-10-9-17-15(16)18-11-12-3-2-4-12/h5-8,12H,2-4,9-11H2,1H3,(H3,16,17,18). The average molecular weight is 277 g/mol. The summed E-state index contributed by atoms with van der Waals surface area (Å²) in [7, 11) is 1.64. The Balaban J connectivity index is 1.60. The van der Waals surface area contributed by atoms with Crippen LogP contribution in [0.2, 0.25) is 0 Å². The van der Waals surface area contributed by atoms with Gasteiger partial charge in [-0.2, -0.15) is 0 Å². The van der Waals surface area contributed by atoms with Crippen LogP contribution in [0.1, 0.15) is 19.3 Å². The van der Waals surface area contributed by atoms with E-state index < -0.39 is 0 Å². The van der Waals surface area contributed by atoms with Gasteiger partial charge in [-0.15, -0.1) is 0 Å². The molecular weight excluding hydrogens is 254 g/mol. The highest BCUT2D eigenvalue weighted by molar-refractivity contribution is 5.77. The van der Waals surface area contributed by atoms with E-state index in [1.807, 2.05) is 24.3 Å². The number of nitrogens with two attached hydrogens (primary N) is 1. The lowest BCUT2D eigenvalue weighted by Crippen LogP contribution is -2.35. The Bertz CT molecular complexity index is 427. The summed E-state index contributed by atoms with van der Waals surface area (Å²) in [4.78, 5) is 4.32. The molecule has 20 heavy (non-hydrogen) atoms. The van der Waals surface area contributed by atoms with Gasteiger partial charge in [-0.05, 0) is 43.0 Å². The summed E-state index contributed by atoms with van der Waals surface area (Å²) in [6.45, 7) is 2.04. The summed E-state index contributed by atoms with van der Waals surface area (Å²) in [5.41, 5.74) is 5.78. The fraction of sp³-hybridized carbons (Fsp3) is 0.533. The van der Waals surface area contributed by atoms with Gasteiger partial charge in [-0.25, -0.2) is 0 Å². The minimum absolute atomic E-state index is 0.509. The molecular formula is C15H23N3O2. The van der Waals surface area contributed by atoms with Gasteiger partial charge in [0.2, 0.25) is 0 Å². The Morgan fingerprint density at radius 2 is 2.00 bits per heavy atom. The highest BCUT2D eigenvalue weighted by Crippen LogP contribution is 2.26. The molecule has 0 unspecified atom stereocenters. The van der Waals surface area contributed by atoms with Crippen LogP contribution in [0.15, 0.2) is 29.3 Å². The summed E-state index contributed by atoms with van der Waals surface area (Å²) in [6, 6.07) is 7.51. The average Bonchev–Trinajstić information content (AvgIpc) is 2.42. The van der Waals surface area contributed by atoms with Crippen LogP contribution in [0.4, 0.5) is 0 Å². The van der Waals surface area contributed by atoms with Gasteiger partial charge in [0, 0.05) is 6.54 Å². The van der Waals surface area contributed by atoms with E-state index in [9.17, 15) is 0 Å². The van der Waals surface area contributed by atoms with Crippen LogP contribution in [0.5, 0.6) is 11.5 Å². The Labute approximate surface area is 120 Å². The number of ether oxygens (including phenoxy) is 2. The van der Waals surface area contributed by atoms with Crippen LogP contribution in [-0.4, -0.2) is 32.8 Å². The van der Waals surface area contributed by atoms with Gasteiger partial charge < -0.3 is 20.5 Å². The van der Waals surface area contributed by atoms with E-state index in [1.54, 1.807) is 7.11 Å². The quantitative estimate of drug-likeness (QED) is 0.453. The van der Waals surface area contributed by atoms with Gasteiger partial charge in [0.1, 0.15) is 18.1 Å². The maximum atomic E-state index is 5.78. The second-order valence-corrected chi connectivity index (χ2v) is 4.97. The molecule has 1 aromatic rings. The number of aliphatic imine (C=N–C) groups is 1. The predicted octanol–water partition coefficient (Wildman–Crippen LogP) is 1.78. The molecule has 0 aromatic heterocycles. The first-order valence-electron chi connectivity index (χ1n) is 7.08. The normalized spacial score (nSPS) is 15.6. The summed E-state index contributed by atoms with van der Waals surface area (Å²) in [6.07, 6.45) is 3.91. The lowest BCUT2D eigenvalue weighted by atomic mass is 9.86. The zero-order valence-corrected chi connectivity index (χ0v) is 12.0. The first-order valence-corrected chi connectivity index (χ1v) is 7.08. The van der Waals surface area contributed by atoms with Crippen LogP contribution in [-0.2, 0) is 0 Å². The minimum atomic E-state index is 0.509. The maximum Gasteiger partial charge on any atom is 0.188 e. The van der Waals surface area contributed by atoms with Crippen molar-refractivity contribution in [2.24, 2.45) is 16.6 Å². The van der Waals surface area contributed by atoms with Crippen molar-refractivity contribution in [3.63, 3.8) is 0 Å². The Kier molecular flexibility index (Phi) is 5.53. The Hall–Kier alpha value is -1.91. The Morgan fingerprint density at radius 3 is 2.60 bits per heavy atom. The molecule has 2 rings (SSSR count). The molecule has 3 N–H and O–H groups in total. The van der Waals surface area contributed by atoms with Crippen molar-refractivity contribution in [3.8, 4) is 11.5 Å². The predicted molar refractivity (Wildman–Crippen MR) is 80.3 cm³/mol. The third-order valence-corrected chi connectivity index (χ3v) is 3.48. The maximum absolute atomic E-state index is 5.78. The number of hydrogen-bond donors (Lipinski definition) is 2. The molecule has 5 nitrogen and oxygen atoms in total. The largest absolute Gasteiger partial charge is 0.497 e. The SMILES string of the molecule is COc1ccc(OCCNC(N)=NCC2CCC2)cc1. The van der Waals surface area contributed by atoms with E-state index in [0.29, 0.717) is 19.1 Å². The molecule has 0 spiro atoms. The smallest absolute Gasteiger partial charge is 0.188 e. The fourth-order valence-electron chi connectivity index (χ4n) is 1.98. The first-order chi connectivity index (χ1) is 9.78. The van der Waals surface area contributed by atoms with Gasteiger partial charge in [0.05, 0.1) is 13.7 Å². The number of guanidine groups is 1. The van der Waals surface area contributed by atoms with Crippen LogP contribution in [0, 0.1) is 5.92 Å². The molecule has 0 saturated heterocycles. The van der Waals surface area contributed by atoms with E-state index in [0.717, 1.165) is 24.0 Å². The number of hydrogen-bond acceptors (Lipinski definition) is 3. The zero-order chi connectivity index (χ0) is 14.2. The summed E-state index contributed by atoms with van der Waals surface area (Å²) in [5.74, 6) is 2.89. The van der Waals surface area contributed by atoms with Gasteiger partial charge in [-0.1, -0.05) is 6.42 Å². The van der Waals surface area contributed by atoms with Crippen molar-refractivity contribution in [2.75, 3.05) is 26.8 Å². The van der Waals surface area contributed by atoms with E-state index in [1.165, 1.54) is 19.3 Å². The number of rotatable bonds is 7. The van der Waals surface area contributed by atoms with Gasteiger partial charge >= 0.3 is 0 Å². The molecule has 1 aromatic carbocycles. The highest BCUT2D eigenvalue weighted by atomic mass is 16.5. The topological polar surface area (TPSA) is 68.9 Å². The molecule has 5 heteroatoms. The van der Waals surface area contributed by atoms with Crippen molar-refractivity contribution in [1.29, 1.82) is 0 Å². The lowest BCUT2D eigenvalue weighted by molar-refractivity contribution is 0.319. The molecule has 0 heterocycles. The summed E-state index contributed by atoms with van der Waals surface area (Å²) >= 11 is 0.